The molecule has 1 fully saturated rings. The highest BCUT2D eigenvalue weighted by Gasteiger charge is 2.36. The SMILES string of the molecule is NC(=O)N(c1ccc(-c2cnc(C3(O)CCNC3)s2)cc1)c1cc(C(F)(F)F)ccc1F. The number of urea groups is 1. The summed E-state index contributed by atoms with van der Waals surface area (Å²) in [4.78, 5) is 17.8. The van der Waals surface area contributed by atoms with Crippen molar-refractivity contribution in [2.24, 2.45) is 5.73 Å². The van der Waals surface area contributed by atoms with E-state index in [1.54, 1.807) is 18.3 Å². The number of rotatable bonds is 4. The van der Waals surface area contributed by atoms with Gasteiger partial charge in [-0.25, -0.2) is 14.2 Å². The van der Waals surface area contributed by atoms with Gasteiger partial charge in [-0.05, 0) is 48.9 Å². The van der Waals surface area contributed by atoms with E-state index in [-0.39, 0.29) is 5.69 Å². The molecule has 4 rings (SSSR count). The van der Waals surface area contributed by atoms with Gasteiger partial charge in [0.1, 0.15) is 16.4 Å². The van der Waals surface area contributed by atoms with Gasteiger partial charge in [-0.3, -0.25) is 4.90 Å². The van der Waals surface area contributed by atoms with Crippen LogP contribution in [0.1, 0.15) is 17.0 Å². The van der Waals surface area contributed by atoms with E-state index >= 15 is 0 Å². The third-order valence-electron chi connectivity index (χ3n) is 5.18. The number of amides is 2. The van der Waals surface area contributed by atoms with Gasteiger partial charge in [-0.15, -0.1) is 11.3 Å². The molecular weight excluding hydrogens is 448 g/mol. The van der Waals surface area contributed by atoms with Crippen LogP contribution in [0.5, 0.6) is 0 Å². The van der Waals surface area contributed by atoms with Crippen molar-refractivity contribution in [1.29, 1.82) is 0 Å². The molecule has 1 aromatic heterocycles. The van der Waals surface area contributed by atoms with Crippen LogP contribution >= 0.6 is 11.3 Å². The summed E-state index contributed by atoms with van der Waals surface area (Å²) in [6.45, 7) is 1.10. The molecular formula is C21H18F4N4O2S. The molecule has 6 nitrogen and oxygen atoms in total. The van der Waals surface area contributed by atoms with E-state index in [2.05, 4.69) is 10.3 Å². The van der Waals surface area contributed by atoms with Crippen LogP contribution in [0.4, 0.5) is 33.7 Å². The van der Waals surface area contributed by atoms with Gasteiger partial charge in [0.05, 0.1) is 21.8 Å². The number of nitrogens with zero attached hydrogens (tertiary/aromatic N) is 2. The number of hydrogen-bond acceptors (Lipinski definition) is 5. The lowest BCUT2D eigenvalue weighted by atomic mass is 10.1. The Labute approximate surface area is 184 Å². The highest BCUT2D eigenvalue weighted by atomic mass is 32.1. The molecule has 3 aromatic rings. The number of aromatic nitrogens is 1. The van der Waals surface area contributed by atoms with Gasteiger partial charge in [0.25, 0.3) is 0 Å². The highest BCUT2D eigenvalue weighted by molar-refractivity contribution is 7.15. The average Bonchev–Trinajstić information content (AvgIpc) is 3.39. The largest absolute Gasteiger partial charge is 0.416 e. The fourth-order valence-electron chi connectivity index (χ4n) is 3.50. The molecule has 4 N–H and O–H groups in total. The van der Waals surface area contributed by atoms with E-state index in [4.69, 9.17) is 5.73 Å². The number of nitrogens with two attached hydrogens (primary N) is 1. The predicted octanol–water partition coefficient (Wildman–Crippen LogP) is 4.37. The Hall–Kier alpha value is -3.02. The van der Waals surface area contributed by atoms with E-state index in [0.717, 1.165) is 4.88 Å². The lowest BCUT2D eigenvalue weighted by molar-refractivity contribution is -0.137. The second-order valence-corrected chi connectivity index (χ2v) is 8.40. The van der Waals surface area contributed by atoms with Crippen molar-refractivity contribution in [3.05, 3.63) is 65.0 Å². The number of primary amides is 1. The Bertz CT molecular complexity index is 1140. The Morgan fingerprint density at radius 3 is 2.53 bits per heavy atom. The molecule has 0 spiro atoms. The van der Waals surface area contributed by atoms with Crippen LogP contribution in [0.15, 0.2) is 48.7 Å². The van der Waals surface area contributed by atoms with E-state index in [1.807, 2.05) is 0 Å². The molecule has 11 heteroatoms. The topological polar surface area (TPSA) is 91.5 Å². The minimum atomic E-state index is -4.71. The molecule has 2 aromatic carbocycles. The molecule has 1 unspecified atom stereocenters. The zero-order valence-corrected chi connectivity index (χ0v) is 17.3. The van der Waals surface area contributed by atoms with Crippen LogP contribution in [0.2, 0.25) is 0 Å². The van der Waals surface area contributed by atoms with Crippen LogP contribution in [0, 0.1) is 5.82 Å². The maximum absolute atomic E-state index is 14.3. The zero-order chi connectivity index (χ0) is 23.1. The van der Waals surface area contributed by atoms with Crippen molar-refractivity contribution >= 4 is 28.7 Å². The van der Waals surface area contributed by atoms with Gasteiger partial charge in [0, 0.05) is 12.7 Å². The quantitative estimate of drug-likeness (QED) is 0.498. The predicted molar refractivity (Wildman–Crippen MR) is 112 cm³/mol. The highest BCUT2D eigenvalue weighted by Crippen LogP contribution is 2.38. The molecule has 1 saturated heterocycles. The van der Waals surface area contributed by atoms with E-state index in [9.17, 15) is 27.5 Å². The first kappa shape index (κ1) is 22.2. The molecule has 2 amide bonds. The number of hydrogen-bond donors (Lipinski definition) is 3. The fraction of sp³-hybridized carbons (Fsp3) is 0.238. The van der Waals surface area contributed by atoms with Gasteiger partial charge in [-0.1, -0.05) is 12.1 Å². The maximum Gasteiger partial charge on any atom is 0.416 e. The van der Waals surface area contributed by atoms with E-state index in [0.29, 0.717) is 53.2 Å². The first-order valence-electron chi connectivity index (χ1n) is 9.55. The van der Waals surface area contributed by atoms with Crippen molar-refractivity contribution in [2.45, 2.75) is 18.2 Å². The van der Waals surface area contributed by atoms with Crippen molar-refractivity contribution in [3.8, 4) is 10.4 Å². The van der Waals surface area contributed by atoms with E-state index < -0.39 is 34.9 Å². The number of alkyl halides is 3. The van der Waals surface area contributed by atoms with Gasteiger partial charge in [-0.2, -0.15) is 13.2 Å². The Morgan fingerprint density at radius 2 is 1.94 bits per heavy atom. The summed E-state index contributed by atoms with van der Waals surface area (Å²) < 4.78 is 53.5. The summed E-state index contributed by atoms with van der Waals surface area (Å²) in [5.74, 6) is -1.02. The van der Waals surface area contributed by atoms with Crippen molar-refractivity contribution < 1.29 is 27.5 Å². The molecule has 0 bridgehead atoms. The summed E-state index contributed by atoms with van der Waals surface area (Å²) in [7, 11) is 0. The van der Waals surface area contributed by atoms with E-state index in [1.165, 1.54) is 23.5 Å². The Balaban J connectivity index is 1.65. The number of benzene rings is 2. The second-order valence-electron chi connectivity index (χ2n) is 7.37. The molecule has 2 heterocycles. The normalized spacial score (nSPS) is 18.7. The summed E-state index contributed by atoms with van der Waals surface area (Å²) in [5, 5.41) is 14.3. The number of β-amino-alcohol motifs (C(OH)–C–C–N with tert-alkyl or cyclic N) is 1. The molecule has 1 aliphatic heterocycles. The fourth-order valence-corrected chi connectivity index (χ4v) is 4.54. The number of anilines is 2. The Kier molecular flexibility index (Phi) is 5.65. The van der Waals surface area contributed by atoms with Crippen LogP contribution in [-0.2, 0) is 11.8 Å². The molecule has 1 atom stereocenters. The number of halogens is 4. The number of carbonyl (C=O) groups is 1. The van der Waals surface area contributed by atoms with Gasteiger partial charge in [0.2, 0.25) is 0 Å². The van der Waals surface area contributed by atoms with Crippen molar-refractivity contribution in [3.63, 3.8) is 0 Å². The number of aliphatic hydroxyl groups is 1. The first-order chi connectivity index (χ1) is 15.1. The summed E-state index contributed by atoms with van der Waals surface area (Å²) in [5.41, 5.74) is 3.45. The number of carbonyl (C=O) groups excluding carboxylic acids is 1. The number of nitrogens with one attached hydrogen (secondary N) is 1. The summed E-state index contributed by atoms with van der Waals surface area (Å²) in [6, 6.07) is 6.78. The Morgan fingerprint density at radius 1 is 1.22 bits per heavy atom. The van der Waals surface area contributed by atoms with Crippen molar-refractivity contribution in [2.75, 3.05) is 18.0 Å². The second kappa shape index (κ2) is 8.15. The van der Waals surface area contributed by atoms with Gasteiger partial charge >= 0.3 is 12.2 Å². The third kappa shape index (κ3) is 4.18. The third-order valence-corrected chi connectivity index (χ3v) is 6.42. The molecule has 1 aliphatic rings. The van der Waals surface area contributed by atoms with Crippen LogP contribution in [0.3, 0.4) is 0 Å². The lowest BCUT2D eigenvalue weighted by Gasteiger charge is -2.22. The van der Waals surface area contributed by atoms with Crippen LogP contribution in [0.25, 0.3) is 10.4 Å². The average molecular weight is 466 g/mol. The lowest BCUT2D eigenvalue weighted by Crippen LogP contribution is -2.32. The standard InChI is InChI=1S/C21H18F4N4O2S/c22-15-6-3-13(21(23,24)25)9-16(15)29(19(26)30)14-4-1-12(2-5-14)17-10-28-18(32-17)20(31)7-8-27-11-20/h1-6,9-10,27,31H,7-8,11H2,(H2,26,30). The molecule has 0 saturated carbocycles. The monoisotopic (exact) mass is 466 g/mol. The molecule has 0 aliphatic carbocycles. The van der Waals surface area contributed by atoms with Gasteiger partial charge in [0.15, 0.2) is 0 Å². The van der Waals surface area contributed by atoms with Gasteiger partial charge < -0.3 is 16.2 Å². The van der Waals surface area contributed by atoms with Crippen LogP contribution in [-0.4, -0.2) is 29.2 Å². The minimum absolute atomic E-state index is 0.0998. The molecule has 0 radical (unpaired) electrons. The summed E-state index contributed by atoms with van der Waals surface area (Å²) in [6.07, 6.45) is -2.54. The number of thiazole rings is 1. The maximum atomic E-state index is 14.3. The summed E-state index contributed by atoms with van der Waals surface area (Å²) >= 11 is 1.31. The molecule has 32 heavy (non-hydrogen) atoms. The minimum Gasteiger partial charge on any atom is -0.381 e. The zero-order valence-electron chi connectivity index (χ0n) is 16.5. The first-order valence-corrected chi connectivity index (χ1v) is 10.4. The smallest absolute Gasteiger partial charge is 0.381 e. The molecule has 168 valence electrons. The van der Waals surface area contributed by atoms with Crippen LogP contribution < -0.4 is 16.0 Å². The van der Waals surface area contributed by atoms with Crippen molar-refractivity contribution in [1.82, 2.24) is 10.3 Å².